The molecule has 0 amide bonds. The first-order valence-corrected chi connectivity index (χ1v) is 18.2. The Balaban J connectivity index is 1.13. The first-order valence-electron chi connectivity index (χ1n) is 18.2. The topological polar surface area (TPSA) is 38.7 Å². The van der Waals surface area contributed by atoms with Gasteiger partial charge in [0.05, 0.1) is 16.9 Å². The fourth-order valence-corrected chi connectivity index (χ4v) is 8.15. The van der Waals surface area contributed by atoms with Gasteiger partial charge in [-0.25, -0.2) is 9.97 Å². The number of hydrogen-bond donors (Lipinski definition) is 0. The first kappa shape index (κ1) is 31.1. The highest BCUT2D eigenvalue weighted by atomic mass is 14.9. The highest BCUT2D eigenvalue weighted by molar-refractivity contribution is 6.00. The van der Waals surface area contributed by atoms with Gasteiger partial charge in [-0.3, -0.25) is 4.98 Å². The number of hydrogen-bond acceptors (Lipinski definition) is 3. The summed E-state index contributed by atoms with van der Waals surface area (Å²) in [6.07, 6.45) is 1.95. The largest absolute Gasteiger partial charge is 0.256 e. The Kier molecular flexibility index (Phi) is 7.16. The van der Waals surface area contributed by atoms with E-state index in [9.17, 15) is 0 Å². The van der Waals surface area contributed by atoms with Crippen LogP contribution in [0.2, 0.25) is 0 Å². The van der Waals surface area contributed by atoms with Crippen LogP contribution in [0.4, 0.5) is 0 Å². The highest BCUT2D eigenvalue weighted by Gasteiger charge is 2.37. The molecule has 0 bridgehead atoms. The predicted molar refractivity (Wildman–Crippen MR) is 220 cm³/mol. The Labute approximate surface area is 309 Å². The number of aromatic nitrogens is 3. The Morgan fingerprint density at radius 3 is 1.85 bits per heavy atom. The number of pyridine rings is 1. The lowest BCUT2D eigenvalue weighted by Gasteiger charge is -2.22. The molecule has 3 heteroatoms. The second kappa shape index (κ2) is 12.2. The molecule has 9 aromatic rings. The molecule has 0 fully saturated rings. The molecular weight excluding hydrogens is 643 g/mol. The Morgan fingerprint density at radius 1 is 0.396 bits per heavy atom. The SMILES string of the molecule is CC1(C)c2cc3ccccc3cc2-c2c(-c3ccccc3-c3cc(-c4ccc(-c5cnc6ccccc6c5)cc4)nc(-c4ccccc4)n3)cccc21. The molecule has 1 aliphatic carbocycles. The van der Waals surface area contributed by atoms with Crippen molar-refractivity contribution in [1.82, 2.24) is 15.0 Å². The lowest BCUT2D eigenvalue weighted by molar-refractivity contribution is 0.661. The lowest BCUT2D eigenvalue weighted by atomic mass is 9.81. The molecule has 7 aromatic carbocycles. The molecule has 53 heavy (non-hydrogen) atoms. The second-order valence-electron chi connectivity index (χ2n) is 14.5. The van der Waals surface area contributed by atoms with Crippen LogP contribution in [-0.2, 0) is 5.41 Å². The Morgan fingerprint density at radius 2 is 1.04 bits per heavy atom. The van der Waals surface area contributed by atoms with Crippen molar-refractivity contribution in [3.8, 4) is 67.3 Å². The van der Waals surface area contributed by atoms with Crippen LogP contribution >= 0.6 is 0 Å². The molecule has 1 aliphatic rings. The summed E-state index contributed by atoms with van der Waals surface area (Å²) in [5.41, 5.74) is 15.6. The number of rotatable bonds is 5. The maximum atomic E-state index is 5.27. The van der Waals surface area contributed by atoms with E-state index in [1.165, 1.54) is 38.6 Å². The van der Waals surface area contributed by atoms with Gasteiger partial charge in [-0.15, -0.1) is 0 Å². The summed E-state index contributed by atoms with van der Waals surface area (Å²) in [7, 11) is 0. The number of nitrogens with zero attached hydrogens (tertiary/aromatic N) is 3. The van der Waals surface area contributed by atoms with Crippen molar-refractivity contribution in [2.24, 2.45) is 0 Å². The summed E-state index contributed by atoms with van der Waals surface area (Å²) in [6, 6.07) is 60.5. The van der Waals surface area contributed by atoms with Crippen LogP contribution in [0.5, 0.6) is 0 Å². The minimum atomic E-state index is -0.128. The minimum Gasteiger partial charge on any atom is -0.256 e. The molecular formula is C50H35N3. The average Bonchev–Trinajstić information content (AvgIpc) is 3.45. The van der Waals surface area contributed by atoms with Gasteiger partial charge in [0.2, 0.25) is 0 Å². The smallest absolute Gasteiger partial charge is 0.160 e. The van der Waals surface area contributed by atoms with E-state index in [0.717, 1.165) is 55.7 Å². The van der Waals surface area contributed by atoms with Crippen molar-refractivity contribution in [3.05, 3.63) is 187 Å². The molecule has 250 valence electrons. The molecule has 2 aromatic heterocycles. The molecule has 2 heterocycles. The zero-order valence-electron chi connectivity index (χ0n) is 29.6. The van der Waals surface area contributed by atoms with Crippen molar-refractivity contribution in [2.45, 2.75) is 19.3 Å². The molecule has 10 rings (SSSR count). The van der Waals surface area contributed by atoms with Gasteiger partial charge in [0.1, 0.15) is 0 Å². The van der Waals surface area contributed by atoms with Crippen LogP contribution in [-0.4, -0.2) is 15.0 Å². The minimum absolute atomic E-state index is 0.128. The van der Waals surface area contributed by atoms with Gasteiger partial charge in [0.15, 0.2) is 5.82 Å². The van der Waals surface area contributed by atoms with E-state index in [-0.39, 0.29) is 5.41 Å². The number of benzene rings is 7. The van der Waals surface area contributed by atoms with Crippen LogP contribution < -0.4 is 0 Å². The number of fused-ring (bicyclic) bond motifs is 5. The lowest BCUT2D eigenvalue weighted by Crippen LogP contribution is -2.14. The summed E-state index contributed by atoms with van der Waals surface area (Å²) >= 11 is 0. The van der Waals surface area contributed by atoms with Gasteiger partial charge in [-0.1, -0.05) is 153 Å². The third kappa shape index (κ3) is 5.24. The molecule has 0 unspecified atom stereocenters. The quantitative estimate of drug-likeness (QED) is 0.182. The van der Waals surface area contributed by atoms with Crippen molar-refractivity contribution < 1.29 is 0 Å². The number of para-hydroxylation sites is 1. The predicted octanol–water partition coefficient (Wildman–Crippen LogP) is 12.8. The molecule has 0 saturated carbocycles. The summed E-state index contributed by atoms with van der Waals surface area (Å²) in [5.74, 6) is 0.701. The Hall–Kier alpha value is -6.71. The monoisotopic (exact) mass is 677 g/mol. The fraction of sp³-hybridized carbons (Fsp3) is 0.0600. The molecule has 0 atom stereocenters. The maximum absolute atomic E-state index is 5.27. The molecule has 0 saturated heterocycles. The van der Waals surface area contributed by atoms with Crippen LogP contribution in [0.25, 0.3) is 89.0 Å². The standard InChI is InChI=1S/C50H35N3/c1-50(2)43-21-12-20-41(48(43)42-28-35-15-6-7-16-36(35)29-44(42)50)39-18-9-10-19-40(39)47-30-46(52-49(53-47)34-13-4-3-5-14-34)33-25-23-32(24-26-33)38-27-37-17-8-11-22-45(37)51-31-38/h3-31H,1-2H3. The first-order chi connectivity index (χ1) is 26.0. The summed E-state index contributed by atoms with van der Waals surface area (Å²) < 4.78 is 0. The van der Waals surface area contributed by atoms with Gasteiger partial charge < -0.3 is 0 Å². The van der Waals surface area contributed by atoms with Crippen LogP contribution in [0.1, 0.15) is 25.0 Å². The molecule has 0 spiro atoms. The zero-order chi connectivity index (χ0) is 35.5. The molecule has 0 N–H and O–H groups in total. The summed E-state index contributed by atoms with van der Waals surface area (Å²) in [6.45, 7) is 4.71. The molecule has 0 aliphatic heterocycles. The van der Waals surface area contributed by atoms with Crippen molar-refractivity contribution >= 4 is 21.7 Å². The van der Waals surface area contributed by atoms with Crippen molar-refractivity contribution in [1.29, 1.82) is 0 Å². The molecule has 0 radical (unpaired) electrons. The maximum Gasteiger partial charge on any atom is 0.160 e. The van der Waals surface area contributed by atoms with Crippen molar-refractivity contribution in [2.75, 3.05) is 0 Å². The van der Waals surface area contributed by atoms with E-state index in [4.69, 9.17) is 15.0 Å². The van der Waals surface area contributed by atoms with Crippen LogP contribution in [0.15, 0.2) is 176 Å². The van der Waals surface area contributed by atoms with E-state index >= 15 is 0 Å². The second-order valence-corrected chi connectivity index (χ2v) is 14.5. The van der Waals surface area contributed by atoms with Crippen molar-refractivity contribution in [3.63, 3.8) is 0 Å². The van der Waals surface area contributed by atoms with E-state index in [1.54, 1.807) is 0 Å². The van der Waals surface area contributed by atoms with Gasteiger partial charge in [-0.2, -0.15) is 0 Å². The fourth-order valence-electron chi connectivity index (χ4n) is 8.15. The summed E-state index contributed by atoms with van der Waals surface area (Å²) in [5, 5.41) is 3.66. The average molecular weight is 678 g/mol. The van der Waals surface area contributed by atoms with Gasteiger partial charge in [0.25, 0.3) is 0 Å². The summed E-state index contributed by atoms with van der Waals surface area (Å²) in [4.78, 5) is 15.1. The van der Waals surface area contributed by atoms with Gasteiger partial charge >= 0.3 is 0 Å². The highest BCUT2D eigenvalue weighted by Crippen LogP contribution is 2.54. The van der Waals surface area contributed by atoms with E-state index in [0.29, 0.717) is 5.82 Å². The zero-order valence-corrected chi connectivity index (χ0v) is 29.6. The van der Waals surface area contributed by atoms with E-state index in [2.05, 4.69) is 153 Å². The van der Waals surface area contributed by atoms with Crippen LogP contribution in [0, 0.1) is 0 Å². The van der Waals surface area contributed by atoms with Gasteiger partial charge in [-0.05, 0) is 80.0 Å². The third-order valence-corrected chi connectivity index (χ3v) is 10.9. The van der Waals surface area contributed by atoms with E-state index < -0.39 is 0 Å². The molecule has 3 nitrogen and oxygen atoms in total. The Bertz CT molecular complexity index is 2850. The normalized spacial score (nSPS) is 12.9. The van der Waals surface area contributed by atoms with Crippen LogP contribution in [0.3, 0.4) is 0 Å². The van der Waals surface area contributed by atoms with E-state index in [1.807, 2.05) is 36.5 Å². The third-order valence-electron chi connectivity index (χ3n) is 10.9. The van der Waals surface area contributed by atoms with Gasteiger partial charge in [0, 0.05) is 39.3 Å².